The summed E-state index contributed by atoms with van der Waals surface area (Å²) in [6, 6.07) is 32.4. The zero-order chi connectivity index (χ0) is 24.2. The molecule has 5 aromatic rings. The normalized spacial score (nSPS) is 10.8. The predicted molar refractivity (Wildman–Crippen MR) is 139 cm³/mol. The first kappa shape index (κ1) is 22.5. The molecule has 6 heteroatoms. The van der Waals surface area contributed by atoms with Crippen LogP contribution < -0.4 is 10.1 Å². The molecule has 0 aliphatic heterocycles. The SMILES string of the molecule is COc1ccc(-c2cc3ccccn3c2C(=O)C(=O)Nc2ccccc2Sc2ccccc2)cc1. The van der Waals surface area contributed by atoms with Gasteiger partial charge in [-0.05, 0) is 60.2 Å². The first-order chi connectivity index (χ1) is 17.1. The Balaban J connectivity index is 1.49. The van der Waals surface area contributed by atoms with Crippen molar-refractivity contribution in [3.05, 3.63) is 115 Å². The van der Waals surface area contributed by atoms with Crippen LogP contribution in [0.4, 0.5) is 5.69 Å². The number of carbonyl (C=O) groups is 2. The van der Waals surface area contributed by atoms with Crippen LogP contribution >= 0.6 is 11.8 Å². The van der Waals surface area contributed by atoms with E-state index in [1.54, 1.807) is 23.8 Å². The van der Waals surface area contributed by atoms with Crippen molar-refractivity contribution in [2.75, 3.05) is 12.4 Å². The second kappa shape index (κ2) is 9.91. The number of rotatable bonds is 7. The van der Waals surface area contributed by atoms with Crippen molar-refractivity contribution in [3.63, 3.8) is 0 Å². The van der Waals surface area contributed by atoms with E-state index in [1.165, 1.54) is 11.8 Å². The van der Waals surface area contributed by atoms with E-state index in [4.69, 9.17) is 4.74 Å². The third-order valence-corrected chi connectivity index (χ3v) is 6.69. The molecule has 0 aliphatic rings. The highest BCUT2D eigenvalue weighted by atomic mass is 32.2. The Labute approximate surface area is 207 Å². The monoisotopic (exact) mass is 478 g/mol. The van der Waals surface area contributed by atoms with E-state index in [0.717, 1.165) is 26.6 Å². The molecule has 0 bridgehead atoms. The molecule has 2 aromatic heterocycles. The van der Waals surface area contributed by atoms with E-state index in [9.17, 15) is 9.59 Å². The molecule has 172 valence electrons. The number of carbonyl (C=O) groups excluding carboxylic acids is 2. The maximum atomic E-state index is 13.5. The van der Waals surface area contributed by atoms with E-state index in [-0.39, 0.29) is 0 Å². The van der Waals surface area contributed by atoms with Gasteiger partial charge in [0.2, 0.25) is 0 Å². The van der Waals surface area contributed by atoms with Gasteiger partial charge in [-0.25, -0.2) is 0 Å². The van der Waals surface area contributed by atoms with Crippen LogP contribution in [0.2, 0.25) is 0 Å². The lowest BCUT2D eigenvalue weighted by molar-refractivity contribution is -0.112. The maximum absolute atomic E-state index is 13.5. The number of benzene rings is 3. The van der Waals surface area contributed by atoms with Gasteiger partial charge in [-0.1, -0.05) is 60.3 Å². The molecule has 0 aliphatic carbocycles. The second-order valence-corrected chi connectivity index (χ2v) is 8.94. The highest BCUT2D eigenvalue weighted by molar-refractivity contribution is 7.99. The molecule has 1 amide bonds. The largest absolute Gasteiger partial charge is 0.497 e. The zero-order valence-corrected chi connectivity index (χ0v) is 19.8. The standard InChI is InChI=1S/C29H22N2O3S/c1-34-22-16-14-20(15-17-22)24-19-21-9-7-8-18-31(21)27(24)28(32)29(33)30-25-12-5-6-13-26(25)35-23-10-3-2-4-11-23/h2-19H,1H3,(H,30,33). The van der Waals surface area contributed by atoms with E-state index in [0.29, 0.717) is 16.9 Å². The molecule has 35 heavy (non-hydrogen) atoms. The van der Waals surface area contributed by atoms with E-state index in [1.807, 2.05) is 97.1 Å². The van der Waals surface area contributed by atoms with Gasteiger partial charge in [-0.3, -0.25) is 9.59 Å². The van der Waals surface area contributed by atoms with Gasteiger partial charge < -0.3 is 14.5 Å². The average Bonchev–Trinajstić information content (AvgIpc) is 3.29. The molecule has 0 saturated heterocycles. The summed E-state index contributed by atoms with van der Waals surface area (Å²) in [7, 11) is 1.61. The Bertz CT molecular complexity index is 1510. The number of ketones is 1. The average molecular weight is 479 g/mol. The molecule has 0 atom stereocenters. The Kier molecular flexibility index (Phi) is 6.37. The van der Waals surface area contributed by atoms with Gasteiger partial charge in [0, 0.05) is 27.1 Å². The minimum atomic E-state index is -0.690. The molecule has 0 spiro atoms. The van der Waals surface area contributed by atoms with Crippen LogP contribution in [0.15, 0.2) is 119 Å². The quantitative estimate of drug-likeness (QED) is 0.212. The Hall–Kier alpha value is -4.29. The van der Waals surface area contributed by atoms with Crippen molar-refractivity contribution in [2.45, 2.75) is 9.79 Å². The summed E-state index contributed by atoms with van der Waals surface area (Å²) in [6.45, 7) is 0. The summed E-state index contributed by atoms with van der Waals surface area (Å²) in [5.41, 5.74) is 3.24. The number of methoxy groups -OCH3 is 1. The highest BCUT2D eigenvalue weighted by Gasteiger charge is 2.25. The van der Waals surface area contributed by atoms with Crippen LogP contribution in [0, 0.1) is 0 Å². The molecular formula is C29H22N2O3S. The van der Waals surface area contributed by atoms with Crippen LogP contribution in [0.5, 0.6) is 5.75 Å². The number of aromatic nitrogens is 1. The van der Waals surface area contributed by atoms with Crippen molar-refractivity contribution < 1.29 is 14.3 Å². The summed E-state index contributed by atoms with van der Waals surface area (Å²) < 4.78 is 7.02. The number of hydrogen-bond donors (Lipinski definition) is 1. The third kappa shape index (κ3) is 4.69. The summed E-state index contributed by atoms with van der Waals surface area (Å²) in [5.74, 6) is -0.582. The zero-order valence-electron chi connectivity index (χ0n) is 19.0. The molecular weight excluding hydrogens is 456 g/mol. The van der Waals surface area contributed by atoms with Crippen LogP contribution in [-0.4, -0.2) is 23.2 Å². The Morgan fingerprint density at radius 1 is 0.829 bits per heavy atom. The smallest absolute Gasteiger partial charge is 0.298 e. The number of nitrogens with zero attached hydrogens (tertiary/aromatic N) is 1. The van der Waals surface area contributed by atoms with Gasteiger partial charge in [0.05, 0.1) is 12.8 Å². The van der Waals surface area contributed by atoms with Crippen LogP contribution in [0.1, 0.15) is 10.5 Å². The van der Waals surface area contributed by atoms with Crippen molar-refractivity contribution in [1.29, 1.82) is 0 Å². The number of para-hydroxylation sites is 1. The Morgan fingerprint density at radius 2 is 1.54 bits per heavy atom. The number of ether oxygens (including phenoxy) is 1. The lowest BCUT2D eigenvalue weighted by Gasteiger charge is -2.11. The molecule has 0 radical (unpaired) electrons. The number of pyridine rings is 1. The second-order valence-electron chi connectivity index (χ2n) is 7.83. The van der Waals surface area contributed by atoms with Gasteiger partial charge in [0.25, 0.3) is 11.7 Å². The van der Waals surface area contributed by atoms with Crippen LogP contribution in [0.25, 0.3) is 16.6 Å². The number of hydrogen-bond acceptors (Lipinski definition) is 4. The van der Waals surface area contributed by atoms with Gasteiger partial charge in [-0.15, -0.1) is 0 Å². The summed E-state index contributed by atoms with van der Waals surface area (Å²) >= 11 is 1.53. The van der Waals surface area contributed by atoms with Gasteiger partial charge in [-0.2, -0.15) is 0 Å². The molecule has 3 aromatic carbocycles. The number of fused-ring (bicyclic) bond motifs is 1. The minimum absolute atomic E-state index is 0.316. The highest BCUT2D eigenvalue weighted by Crippen LogP contribution is 2.34. The fourth-order valence-corrected chi connectivity index (χ4v) is 4.83. The molecule has 1 N–H and O–H groups in total. The van der Waals surface area contributed by atoms with Crippen molar-refractivity contribution in [3.8, 4) is 16.9 Å². The number of Topliss-reactive ketones (excluding diaryl/α,β-unsaturated/α-hetero) is 1. The van der Waals surface area contributed by atoms with E-state index >= 15 is 0 Å². The lowest BCUT2D eigenvalue weighted by atomic mass is 10.0. The number of amides is 1. The number of nitrogens with one attached hydrogen (secondary N) is 1. The summed E-state index contributed by atoms with van der Waals surface area (Å²) in [6.07, 6.45) is 1.79. The minimum Gasteiger partial charge on any atom is -0.497 e. The topological polar surface area (TPSA) is 59.8 Å². The molecule has 5 rings (SSSR count). The molecule has 2 heterocycles. The van der Waals surface area contributed by atoms with Gasteiger partial charge in [0.15, 0.2) is 0 Å². The van der Waals surface area contributed by atoms with Gasteiger partial charge >= 0.3 is 0 Å². The molecule has 0 saturated carbocycles. The first-order valence-corrected chi connectivity index (χ1v) is 11.9. The summed E-state index contributed by atoms with van der Waals surface area (Å²) in [4.78, 5) is 28.7. The number of anilines is 1. The maximum Gasteiger partial charge on any atom is 0.298 e. The lowest BCUT2D eigenvalue weighted by Crippen LogP contribution is -2.25. The fourth-order valence-electron chi connectivity index (χ4n) is 3.91. The van der Waals surface area contributed by atoms with Crippen molar-refractivity contribution in [1.82, 2.24) is 4.40 Å². The third-order valence-electron chi connectivity index (χ3n) is 5.61. The first-order valence-electron chi connectivity index (χ1n) is 11.1. The molecule has 5 nitrogen and oxygen atoms in total. The van der Waals surface area contributed by atoms with E-state index < -0.39 is 11.7 Å². The van der Waals surface area contributed by atoms with Crippen LogP contribution in [-0.2, 0) is 4.79 Å². The van der Waals surface area contributed by atoms with Crippen molar-refractivity contribution in [2.24, 2.45) is 0 Å². The van der Waals surface area contributed by atoms with E-state index in [2.05, 4.69) is 5.32 Å². The molecule has 0 fully saturated rings. The fraction of sp³-hybridized carbons (Fsp3) is 0.0345. The van der Waals surface area contributed by atoms with Gasteiger partial charge in [0.1, 0.15) is 11.4 Å². The van der Waals surface area contributed by atoms with Crippen LogP contribution in [0.3, 0.4) is 0 Å². The predicted octanol–water partition coefficient (Wildman–Crippen LogP) is 6.59. The summed E-state index contributed by atoms with van der Waals surface area (Å²) in [5, 5.41) is 2.84. The van der Waals surface area contributed by atoms with Crippen molar-refractivity contribution >= 4 is 34.7 Å². The Morgan fingerprint density at radius 3 is 2.31 bits per heavy atom. The molecule has 0 unspecified atom stereocenters.